The molecular weight excluding hydrogens is 342 g/mol. The Labute approximate surface area is 151 Å². The number of urea groups is 1. The summed E-state index contributed by atoms with van der Waals surface area (Å²) in [5.74, 6) is -0.916. The van der Waals surface area contributed by atoms with Crippen molar-refractivity contribution in [1.29, 1.82) is 0 Å². The quantitative estimate of drug-likeness (QED) is 0.614. The Morgan fingerprint density at radius 1 is 1.32 bits per heavy atom. The number of hydrogen-bond acceptors (Lipinski definition) is 6. The summed E-state index contributed by atoms with van der Waals surface area (Å²) in [4.78, 5) is 39.8. The van der Waals surface area contributed by atoms with Crippen LogP contribution in [0.25, 0.3) is 0 Å². The molecule has 2 rings (SSSR count). The van der Waals surface area contributed by atoms with Gasteiger partial charge in [-0.1, -0.05) is 19.8 Å². The molecule has 7 nitrogen and oxygen atoms in total. The summed E-state index contributed by atoms with van der Waals surface area (Å²) in [6.45, 7) is 1.57. The molecule has 1 saturated carbocycles. The van der Waals surface area contributed by atoms with Crippen molar-refractivity contribution in [1.82, 2.24) is 15.6 Å². The number of thioether (sulfide) groups is 1. The number of nitrogens with zero attached hydrogens (tertiary/aromatic N) is 1. The Bertz CT molecular complexity index is 638. The van der Waals surface area contributed by atoms with Gasteiger partial charge in [-0.05, 0) is 37.1 Å². The first-order valence-electron chi connectivity index (χ1n) is 8.27. The third-order valence-electron chi connectivity index (χ3n) is 4.20. The van der Waals surface area contributed by atoms with Gasteiger partial charge in [-0.2, -0.15) is 0 Å². The van der Waals surface area contributed by atoms with Gasteiger partial charge < -0.3 is 10.1 Å². The predicted molar refractivity (Wildman–Crippen MR) is 94.4 cm³/mol. The van der Waals surface area contributed by atoms with Crippen LogP contribution in [0.15, 0.2) is 23.4 Å². The molecule has 2 atom stereocenters. The maximum Gasteiger partial charge on any atom is 0.341 e. The average Bonchev–Trinajstić information content (AvgIpc) is 2.61. The van der Waals surface area contributed by atoms with Gasteiger partial charge in [0.1, 0.15) is 5.03 Å². The molecule has 0 saturated heterocycles. The molecule has 1 aliphatic rings. The van der Waals surface area contributed by atoms with Gasteiger partial charge >= 0.3 is 12.0 Å². The molecule has 8 heteroatoms. The van der Waals surface area contributed by atoms with Crippen molar-refractivity contribution >= 4 is 29.7 Å². The van der Waals surface area contributed by atoms with Crippen LogP contribution < -0.4 is 10.6 Å². The van der Waals surface area contributed by atoms with E-state index in [0.717, 1.165) is 19.3 Å². The van der Waals surface area contributed by atoms with E-state index in [9.17, 15) is 14.4 Å². The van der Waals surface area contributed by atoms with E-state index in [1.165, 1.54) is 18.2 Å². The lowest BCUT2D eigenvalue weighted by atomic mass is 9.86. The second-order valence-corrected chi connectivity index (χ2v) is 6.82. The molecular formula is C17H23N3O4S. The fourth-order valence-corrected chi connectivity index (χ4v) is 3.35. The fraction of sp³-hybridized carbons (Fsp3) is 0.529. The molecule has 136 valence electrons. The molecule has 1 fully saturated rings. The second kappa shape index (κ2) is 9.41. The highest BCUT2D eigenvalue weighted by molar-refractivity contribution is 7.98. The molecule has 1 aliphatic carbocycles. The predicted octanol–water partition coefficient (Wildman–Crippen LogP) is 2.36. The Kier molecular flexibility index (Phi) is 7.24. The Hall–Kier alpha value is -2.09. The smallest absolute Gasteiger partial charge is 0.341 e. The first-order chi connectivity index (χ1) is 12.0. The van der Waals surface area contributed by atoms with E-state index in [-0.39, 0.29) is 6.04 Å². The van der Waals surface area contributed by atoms with E-state index >= 15 is 0 Å². The van der Waals surface area contributed by atoms with Crippen molar-refractivity contribution in [2.45, 2.75) is 43.7 Å². The van der Waals surface area contributed by atoms with Crippen LogP contribution in [-0.2, 0) is 9.53 Å². The number of hydrogen-bond donors (Lipinski definition) is 2. The molecule has 1 aromatic rings. The van der Waals surface area contributed by atoms with Crippen LogP contribution in [0.5, 0.6) is 0 Å². The van der Waals surface area contributed by atoms with E-state index in [1.54, 1.807) is 24.6 Å². The maximum atomic E-state index is 12.0. The van der Waals surface area contributed by atoms with Crippen LogP contribution in [0.4, 0.5) is 4.79 Å². The van der Waals surface area contributed by atoms with Gasteiger partial charge in [-0.3, -0.25) is 10.1 Å². The SMILES string of the molecule is CSc1ncccc1C(=O)OCC(=O)NC(=O)N[C@@H]1CCCC[C@H]1C. The van der Waals surface area contributed by atoms with Gasteiger partial charge in [0.15, 0.2) is 6.61 Å². The van der Waals surface area contributed by atoms with E-state index in [4.69, 9.17) is 4.74 Å². The van der Waals surface area contributed by atoms with E-state index in [0.29, 0.717) is 16.5 Å². The summed E-state index contributed by atoms with van der Waals surface area (Å²) in [5.41, 5.74) is 0.295. The highest BCUT2D eigenvalue weighted by Gasteiger charge is 2.23. The molecule has 0 spiro atoms. The summed E-state index contributed by atoms with van der Waals surface area (Å²) in [5, 5.41) is 5.53. The number of nitrogens with one attached hydrogen (secondary N) is 2. The Morgan fingerprint density at radius 3 is 2.80 bits per heavy atom. The Balaban J connectivity index is 1.78. The molecule has 0 radical (unpaired) electrons. The average molecular weight is 365 g/mol. The first-order valence-corrected chi connectivity index (χ1v) is 9.50. The standard InChI is InChI=1S/C17H23N3O4S/c1-11-6-3-4-8-13(11)19-17(23)20-14(21)10-24-16(22)12-7-5-9-18-15(12)25-2/h5,7,9,11,13H,3-4,6,8,10H2,1-2H3,(H2,19,20,21,23)/t11-,13-/m1/s1. The van der Waals surface area contributed by atoms with Crippen LogP contribution in [0.3, 0.4) is 0 Å². The van der Waals surface area contributed by atoms with E-state index in [2.05, 4.69) is 22.5 Å². The van der Waals surface area contributed by atoms with Crippen molar-refractivity contribution < 1.29 is 19.1 Å². The summed E-state index contributed by atoms with van der Waals surface area (Å²) in [6.07, 6.45) is 7.59. The number of carbonyl (C=O) groups excluding carboxylic acids is 3. The number of imide groups is 1. The lowest BCUT2D eigenvalue weighted by Crippen LogP contribution is -2.48. The zero-order valence-electron chi connectivity index (χ0n) is 14.4. The molecule has 0 unspecified atom stereocenters. The minimum Gasteiger partial charge on any atom is -0.452 e. The lowest BCUT2D eigenvalue weighted by Gasteiger charge is -2.29. The molecule has 1 aromatic heterocycles. The number of amides is 3. The van der Waals surface area contributed by atoms with Crippen LogP contribution in [0.1, 0.15) is 43.0 Å². The van der Waals surface area contributed by atoms with Crippen LogP contribution in [-0.4, -0.2) is 41.8 Å². The third-order valence-corrected chi connectivity index (χ3v) is 4.91. The number of pyridine rings is 1. The zero-order chi connectivity index (χ0) is 18.2. The van der Waals surface area contributed by atoms with Crippen molar-refractivity contribution in [3.63, 3.8) is 0 Å². The normalized spacial score (nSPS) is 19.8. The summed E-state index contributed by atoms with van der Waals surface area (Å²) >= 11 is 1.31. The molecule has 0 aliphatic heterocycles. The molecule has 25 heavy (non-hydrogen) atoms. The number of aromatic nitrogens is 1. The highest BCUT2D eigenvalue weighted by Crippen LogP contribution is 2.23. The van der Waals surface area contributed by atoms with E-state index < -0.39 is 24.5 Å². The van der Waals surface area contributed by atoms with Crippen molar-refractivity contribution in [2.24, 2.45) is 5.92 Å². The maximum absolute atomic E-state index is 12.0. The minimum absolute atomic E-state index is 0.0728. The number of ether oxygens (including phenoxy) is 1. The number of esters is 1. The lowest BCUT2D eigenvalue weighted by molar-refractivity contribution is -0.123. The number of rotatable bonds is 5. The van der Waals surface area contributed by atoms with Crippen molar-refractivity contribution in [3.05, 3.63) is 23.9 Å². The summed E-state index contributed by atoms with van der Waals surface area (Å²) in [6, 6.07) is 2.72. The van der Waals surface area contributed by atoms with Gasteiger partial charge in [-0.25, -0.2) is 14.6 Å². The van der Waals surface area contributed by atoms with Crippen molar-refractivity contribution in [3.8, 4) is 0 Å². The Morgan fingerprint density at radius 2 is 2.08 bits per heavy atom. The molecule has 2 N–H and O–H groups in total. The van der Waals surface area contributed by atoms with Gasteiger partial charge in [0.05, 0.1) is 5.56 Å². The van der Waals surface area contributed by atoms with Crippen LogP contribution in [0.2, 0.25) is 0 Å². The van der Waals surface area contributed by atoms with Gasteiger partial charge in [0.2, 0.25) is 0 Å². The molecule has 0 bridgehead atoms. The third kappa shape index (κ3) is 5.74. The monoisotopic (exact) mass is 365 g/mol. The van der Waals surface area contributed by atoms with Crippen LogP contribution >= 0.6 is 11.8 Å². The fourth-order valence-electron chi connectivity index (χ4n) is 2.82. The summed E-state index contributed by atoms with van der Waals surface area (Å²) < 4.78 is 4.96. The molecule has 3 amide bonds. The van der Waals surface area contributed by atoms with E-state index in [1.807, 2.05) is 0 Å². The first kappa shape index (κ1) is 19.2. The highest BCUT2D eigenvalue weighted by atomic mass is 32.2. The number of carbonyl (C=O) groups is 3. The topological polar surface area (TPSA) is 97.4 Å². The largest absolute Gasteiger partial charge is 0.452 e. The van der Waals surface area contributed by atoms with Gasteiger partial charge in [0, 0.05) is 12.2 Å². The van der Waals surface area contributed by atoms with Crippen LogP contribution in [0, 0.1) is 5.92 Å². The summed E-state index contributed by atoms with van der Waals surface area (Å²) in [7, 11) is 0. The van der Waals surface area contributed by atoms with Gasteiger partial charge in [0.25, 0.3) is 5.91 Å². The minimum atomic E-state index is -0.663. The second-order valence-electron chi connectivity index (χ2n) is 6.03. The molecule has 1 heterocycles. The van der Waals surface area contributed by atoms with Gasteiger partial charge in [-0.15, -0.1) is 11.8 Å². The zero-order valence-corrected chi connectivity index (χ0v) is 15.2. The molecule has 0 aromatic carbocycles. The van der Waals surface area contributed by atoms with Crippen molar-refractivity contribution in [2.75, 3.05) is 12.9 Å².